The fraction of sp³-hybridized carbons (Fsp3) is 0.238. The first kappa shape index (κ1) is 21.5. The smallest absolute Gasteiger partial charge is 0.332 e. The summed E-state index contributed by atoms with van der Waals surface area (Å²) in [5, 5.41) is 10.2. The number of quaternary nitrogens is 1. The van der Waals surface area contributed by atoms with Crippen LogP contribution in [0, 0.1) is 0 Å². The number of aliphatic hydroxyl groups is 1. The van der Waals surface area contributed by atoms with E-state index in [0.29, 0.717) is 50.9 Å². The van der Waals surface area contributed by atoms with Crippen molar-refractivity contribution in [1.82, 2.24) is 14.1 Å². The third kappa shape index (κ3) is 4.07. The summed E-state index contributed by atoms with van der Waals surface area (Å²) >= 11 is 12.2. The van der Waals surface area contributed by atoms with E-state index in [0.717, 1.165) is 10.1 Å². The van der Waals surface area contributed by atoms with E-state index < -0.39 is 11.2 Å². The van der Waals surface area contributed by atoms with Gasteiger partial charge in [0.15, 0.2) is 0 Å². The van der Waals surface area contributed by atoms with Crippen molar-refractivity contribution in [2.24, 2.45) is 12.0 Å². The Morgan fingerprint density at radius 2 is 1.94 bits per heavy atom. The van der Waals surface area contributed by atoms with E-state index in [9.17, 15) is 14.7 Å². The molecule has 4 rings (SSSR count). The molecule has 0 radical (unpaired) electrons. The second-order valence-electron chi connectivity index (χ2n) is 7.17. The van der Waals surface area contributed by atoms with Crippen LogP contribution in [0.4, 0.5) is 11.5 Å². The Morgan fingerprint density at radius 3 is 2.61 bits per heavy atom. The molecule has 0 spiro atoms. The van der Waals surface area contributed by atoms with Crippen LogP contribution in [0.5, 0.6) is 0 Å². The summed E-state index contributed by atoms with van der Waals surface area (Å²) in [6, 6.07) is 10.7. The maximum atomic E-state index is 13.3. The topological polar surface area (TPSA) is 93.9 Å². The van der Waals surface area contributed by atoms with Crippen molar-refractivity contribution in [3.63, 3.8) is 0 Å². The molecule has 8 nitrogen and oxygen atoms in total. The van der Waals surface area contributed by atoms with Gasteiger partial charge in [-0.1, -0.05) is 29.3 Å². The highest BCUT2D eigenvalue weighted by Crippen LogP contribution is 2.23. The second kappa shape index (κ2) is 8.76. The summed E-state index contributed by atoms with van der Waals surface area (Å²) < 4.78 is 2.50. The Hall–Kier alpha value is -2.78. The van der Waals surface area contributed by atoms with Gasteiger partial charge in [-0.15, -0.1) is 0 Å². The number of pyridine rings is 1. The zero-order chi connectivity index (χ0) is 22.1. The number of aliphatic hydroxyl groups excluding tert-OH is 1. The number of nitrogens with one attached hydrogen (secondary N) is 1. The van der Waals surface area contributed by atoms with Crippen LogP contribution >= 0.6 is 23.2 Å². The third-order valence-electron chi connectivity index (χ3n) is 5.11. The number of fused-ring (bicyclic) bond motifs is 1. The van der Waals surface area contributed by atoms with Gasteiger partial charge in [0.2, 0.25) is 17.3 Å². The van der Waals surface area contributed by atoms with Crippen LogP contribution in [0.3, 0.4) is 0 Å². The van der Waals surface area contributed by atoms with Gasteiger partial charge in [0.1, 0.15) is 6.54 Å². The molecule has 160 valence electrons. The van der Waals surface area contributed by atoms with Gasteiger partial charge in [0, 0.05) is 31.4 Å². The molecular formula is C21H20Cl2N5O3+. The van der Waals surface area contributed by atoms with Crippen molar-refractivity contribution in [1.29, 1.82) is 0 Å². The Kier molecular flexibility index (Phi) is 6.06. The molecule has 0 fully saturated rings. The number of halogens is 2. The fourth-order valence-corrected chi connectivity index (χ4v) is 3.91. The first-order chi connectivity index (χ1) is 14.9. The number of amidine groups is 1. The van der Waals surface area contributed by atoms with Gasteiger partial charge in [0.25, 0.3) is 0 Å². The molecule has 3 heterocycles. The van der Waals surface area contributed by atoms with Gasteiger partial charge in [-0.2, -0.15) is 4.99 Å². The van der Waals surface area contributed by atoms with Gasteiger partial charge >= 0.3 is 11.2 Å². The Morgan fingerprint density at radius 1 is 1.13 bits per heavy atom. The van der Waals surface area contributed by atoms with Gasteiger partial charge in [-0.25, -0.2) is 9.69 Å². The van der Waals surface area contributed by atoms with Crippen LogP contribution in [0.1, 0.15) is 17.7 Å². The number of aromatic nitrogens is 3. The molecule has 1 atom stereocenters. The summed E-state index contributed by atoms with van der Waals surface area (Å²) in [5.41, 5.74) is 0.888. The van der Waals surface area contributed by atoms with Crippen molar-refractivity contribution >= 4 is 40.5 Å². The third-order valence-corrected chi connectivity index (χ3v) is 5.57. The SMILES string of the molecule is Cn1c2c(c(=O)n(CCCO)c1=O)[NH+](Cc1ccc(Cl)cn1)C(c1cccc(Cl)c1)=N2. The zero-order valence-electron chi connectivity index (χ0n) is 16.7. The summed E-state index contributed by atoms with van der Waals surface area (Å²) in [5.74, 6) is 0.871. The molecule has 1 aliphatic rings. The van der Waals surface area contributed by atoms with Crippen molar-refractivity contribution < 1.29 is 10.0 Å². The van der Waals surface area contributed by atoms with Crippen LogP contribution < -0.4 is 16.1 Å². The molecule has 31 heavy (non-hydrogen) atoms. The van der Waals surface area contributed by atoms with E-state index in [-0.39, 0.29) is 13.2 Å². The van der Waals surface area contributed by atoms with E-state index in [1.54, 1.807) is 43.6 Å². The van der Waals surface area contributed by atoms with Gasteiger partial charge in [-0.3, -0.25) is 18.9 Å². The lowest BCUT2D eigenvalue weighted by atomic mass is 10.2. The predicted octanol–water partition coefficient (Wildman–Crippen LogP) is 1.44. The van der Waals surface area contributed by atoms with Gasteiger partial charge in [0.05, 0.1) is 16.3 Å². The summed E-state index contributed by atoms with van der Waals surface area (Å²) in [7, 11) is 1.58. The molecule has 0 saturated heterocycles. The molecule has 1 aromatic carbocycles. The van der Waals surface area contributed by atoms with Gasteiger partial charge in [-0.05, 0) is 36.8 Å². The minimum Gasteiger partial charge on any atom is -0.396 e. The van der Waals surface area contributed by atoms with E-state index in [1.807, 2.05) is 6.07 Å². The summed E-state index contributed by atoms with van der Waals surface area (Å²) in [6.07, 6.45) is 1.84. The van der Waals surface area contributed by atoms with Crippen LogP contribution in [0.15, 0.2) is 57.2 Å². The molecule has 1 unspecified atom stereocenters. The minimum absolute atomic E-state index is 0.119. The van der Waals surface area contributed by atoms with Crippen LogP contribution in [0.25, 0.3) is 0 Å². The van der Waals surface area contributed by atoms with Crippen molar-refractivity contribution in [2.45, 2.75) is 19.5 Å². The van der Waals surface area contributed by atoms with E-state index in [2.05, 4.69) is 9.98 Å². The standard InChI is InChI=1S/C21H19Cl2N5O3/c1-26-19-17(20(30)27(21(26)31)8-3-9-29)28(12-16-7-6-15(23)11-24-16)18(25-19)13-4-2-5-14(22)10-13/h2,4-7,10-11,29H,3,8-9,12H2,1H3/p+1. The highest BCUT2D eigenvalue weighted by molar-refractivity contribution is 6.31. The first-order valence-corrected chi connectivity index (χ1v) is 10.4. The van der Waals surface area contributed by atoms with Crippen molar-refractivity contribution in [2.75, 3.05) is 6.61 Å². The van der Waals surface area contributed by atoms with E-state index in [4.69, 9.17) is 23.2 Å². The number of hydrogen-bond donors (Lipinski definition) is 2. The molecular weight excluding hydrogens is 441 g/mol. The Labute approximate surface area is 187 Å². The van der Waals surface area contributed by atoms with Crippen molar-refractivity contribution in [3.05, 3.63) is 84.7 Å². The Balaban J connectivity index is 1.90. The lowest BCUT2D eigenvalue weighted by Gasteiger charge is -2.16. The number of hydrogen-bond acceptors (Lipinski definition) is 5. The maximum absolute atomic E-state index is 13.3. The lowest BCUT2D eigenvalue weighted by Crippen LogP contribution is -3.09. The van der Waals surface area contributed by atoms with Crippen LogP contribution in [0.2, 0.25) is 10.0 Å². The van der Waals surface area contributed by atoms with Gasteiger partial charge < -0.3 is 5.11 Å². The van der Waals surface area contributed by atoms with E-state index in [1.165, 1.54) is 4.57 Å². The first-order valence-electron chi connectivity index (χ1n) is 9.67. The predicted molar refractivity (Wildman–Crippen MR) is 119 cm³/mol. The lowest BCUT2D eigenvalue weighted by molar-refractivity contribution is -0.744. The molecule has 2 N–H and O–H groups in total. The monoisotopic (exact) mass is 460 g/mol. The molecule has 1 aliphatic heterocycles. The zero-order valence-corrected chi connectivity index (χ0v) is 18.2. The Bertz CT molecular complexity index is 1280. The average Bonchev–Trinajstić information content (AvgIpc) is 3.13. The fourth-order valence-electron chi connectivity index (χ4n) is 3.61. The summed E-state index contributed by atoms with van der Waals surface area (Å²) in [6.45, 7) is 0.319. The molecule has 0 aliphatic carbocycles. The number of nitrogens with zero attached hydrogens (tertiary/aromatic N) is 4. The van der Waals surface area contributed by atoms with Crippen LogP contribution in [-0.4, -0.2) is 31.7 Å². The number of rotatable bonds is 6. The molecule has 2 aromatic heterocycles. The van der Waals surface area contributed by atoms with E-state index >= 15 is 0 Å². The number of benzene rings is 1. The quantitative estimate of drug-likeness (QED) is 0.581. The minimum atomic E-state index is -0.475. The van der Waals surface area contributed by atoms with Crippen molar-refractivity contribution in [3.8, 4) is 0 Å². The molecule has 0 amide bonds. The molecule has 0 saturated carbocycles. The molecule has 0 bridgehead atoms. The van der Waals surface area contributed by atoms with Crippen LogP contribution in [-0.2, 0) is 20.1 Å². The normalized spacial score (nSPS) is 15.1. The summed E-state index contributed by atoms with van der Waals surface area (Å²) in [4.78, 5) is 35.8. The number of aliphatic imine (C=N–C) groups is 1. The molecule has 3 aromatic rings. The largest absolute Gasteiger partial charge is 0.396 e. The highest BCUT2D eigenvalue weighted by Gasteiger charge is 2.38. The average molecular weight is 461 g/mol. The highest BCUT2D eigenvalue weighted by atomic mass is 35.5. The second-order valence-corrected chi connectivity index (χ2v) is 8.04. The molecule has 10 heteroatoms. The maximum Gasteiger partial charge on any atom is 0.332 e.